The summed E-state index contributed by atoms with van der Waals surface area (Å²) >= 11 is 0. The summed E-state index contributed by atoms with van der Waals surface area (Å²) in [4.78, 5) is 23.8. The van der Waals surface area contributed by atoms with Gasteiger partial charge in [-0.2, -0.15) is 4.98 Å². The standard InChI is InChI=1S/C25H35N5O2/c1-3-4-5-6-17-32-21-9-7-20(8-10-21)28-24-27-18-19(2)22(29-24)30-15-12-25(13-16-30)11-14-26-23(25)31/h7-10,18H,3-6,11-17H2,1-2H3,(H,26,31)(H,27,28,29). The Bertz CT molecular complexity index is 907. The van der Waals surface area contributed by atoms with Crippen LogP contribution in [0.3, 0.4) is 0 Å². The molecule has 0 saturated carbocycles. The van der Waals surface area contributed by atoms with Gasteiger partial charge in [0.2, 0.25) is 11.9 Å². The van der Waals surface area contributed by atoms with Gasteiger partial charge in [0.1, 0.15) is 11.6 Å². The molecule has 4 rings (SSSR count). The Labute approximate surface area is 191 Å². The van der Waals surface area contributed by atoms with Crippen molar-refractivity contribution in [1.82, 2.24) is 15.3 Å². The van der Waals surface area contributed by atoms with E-state index < -0.39 is 0 Å². The molecular weight excluding hydrogens is 402 g/mol. The van der Waals surface area contributed by atoms with Crippen LogP contribution in [0.5, 0.6) is 5.75 Å². The van der Waals surface area contributed by atoms with Gasteiger partial charge in [-0.3, -0.25) is 4.79 Å². The van der Waals surface area contributed by atoms with Crippen molar-refractivity contribution < 1.29 is 9.53 Å². The van der Waals surface area contributed by atoms with Crippen LogP contribution in [0.2, 0.25) is 0 Å². The third-order valence-corrected chi connectivity index (χ3v) is 6.71. The summed E-state index contributed by atoms with van der Waals surface area (Å²) in [6.07, 6.45) is 9.39. The Balaban J connectivity index is 1.34. The first kappa shape index (κ1) is 22.4. The molecule has 0 aliphatic carbocycles. The van der Waals surface area contributed by atoms with Crippen LogP contribution in [0, 0.1) is 12.3 Å². The van der Waals surface area contributed by atoms with Gasteiger partial charge in [-0.05, 0) is 56.9 Å². The summed E-state index contributed by atoms with van der Waals surface area (Å²) in [6, 6.07) is 7.95. The van der Waals surface area contributed by atoms with E-state index in [0.29, 0.717) is 5.95 Å². The summed E-state index contributed by atoms with van der Waals surface area (Å²) in [7, 11) is 0. The average molecular weight is 438 g/mol. The molecule has 3 heterocycles. The maximum absolute atomic E-state index is 12.3. The molecule has 2 aromatic rings. The molecule has 1 aromatic carbocycles. The Kier molecular flexibility index (Phi) is 7.12. The first-order chi connectivity index (χ1) is 15.6. The van der Waals surface area contributed by atoms with Gasteiger partial charge < -0.3 is 20.3 Å². The smallest absolute Gasteiger partial charge is 0.229 e. The zero-order valence-electron chi connectivity index (χ0n) is 19.3. The number of anilines is 3. The van der Waals surface area contributed by atoms with E-state index in [1.165, 1.54) is 19.3 Å². The van der Waals surface area contributed by atoms with Gasteiger partial charge >= 0.3 is 0 Å². The maximum Gasteiger partial charge on any atom is 0.229 e. The number of amides is 1. The first-order valence-corrected chi connectivity index (χ1v) is 12.0. The van der Waals surface area contributed by atoms with Gasteiger partial charge in [0, 0.05) is 37.1 Å². The molecule has 7 heteroatoms. The monoisotopic (exact) mass is 437 g/mol. The topological polar surface area (TPSA) is 79.4 Å². The quantitative estimate of drug-likeness (QED) is 0.559. The lowest BCUT2D eigenvalue weighted by molar-refractivity contribution is -0.128. The fourth-order valence-corrected chi connectivity index (χ4v) is 4.64. The van der Waals surface area contributed by atoms with Crippen molar-refractivity contribution in [3.63, 3.8) is 0 Å². The molecule has 32 heavy (non-hydrogen) atoms. The van der Waals surface area contributed by atoms with Crippen molar-refractivity contribution in [1.29, 1.82) is 0 Å². The number of benzene rings is 1. The zero-order valence-corrected chi connectivity index (χ0v) is 19.3. The van der Waals surface area contributed by atoms with Crippen LogP contribution in [0.25, 0.3) is 0 Å². The molecule has 1 aromatic heterocycles. The van der Waals surface area contributed by atoms with Gasteiger partial charge in [0.25, 0.3) is 0 Å². The van der Waals surface area contributed by atoms with E-state index >= 15 is 0 Å². The summed E-state index contributed by atoms with van der Waals surface area (Å²) in [5.74, 6) is 2.64. The fraction of sp³-hybridized carbons (Fsp3) is 0.560. The van der Waals surface area contributed by atoms with Crippen LogP contribution in [0.15, 0.2) is 30.5 Å². The lowest BCUT2D eigenvalue weighted by Crippen LogP contribution is -2.44. The molecule has 7 nitrogen and oxygen atoms in total. The number of piperidine rings is 1. The number of hydrogen-bond acceptors (Lipinski definition) is 6. The number of ether oxygens (including phenoxy) is 1. The number of hydrogen-bond donors (Lipinski definition) is 2. The third-order valence-electron chi connectivity index (χ3n) is 6.71. The summed E-state index contributed by atoms with van der Waals surface area (Å²) in [6.45, 7) is 7.51. The maximum atomic E-state index is 12.3. The van der Waals surface area contributed by atoms with E-state index in [1.54, 1.807) is 0 Å². The molecule has 2 saturated heterocycles. The second-order valence-electron chi connectivity index (χ2n) is 9.03. The summed E-state index contributed by atoms with van der Waals surface area (Å²) in [5, 5.41) is 6.31. The Hall–Kier alpha value is -2.83. The molecule has 0 unspecified atom stereocenters. The molecule has 2 fully saturated rings. The lowest BCUT2D eigenvalue weighted by Gasteiger charge is -2.38. The minimum absolute atomic E-state index is 0.168. The molecule has 2 aliphatic heterocycles. The normalized spacial score (nSPS) is 17.4. The van der Waals surface area contributed by atoms with Crippen LogP contribution in [-0.2, 0) is 4.79 Å². The highest BCUT2D eigenvalue weighted by Crippen LogP contribution is 2.39. The molecule has 172 valence electrons. The van der Waals surface area contributed by atoms with E-state index in [2.05, 4.69) is 27.4 Å². The van der Waals surface area contributed by atoms with Crippen molar-refractivity contribution in [2.75, 3.05) is 36.5 Å². The van der Waals surface area contributed by atoms with Gasteiger partial charge in [0.05, 0.1) is 12.0 Å². The van der Waals surface area contributed by atoms with Crippen LogP contribution in [0.1, 0.15) is 57.4 Å². The second kappa shape index (κ2) is 10.2. The largest absolute Gasteiger partial charge is 0.494 e. The predicted octanol–water partition coefficient (Wildman–Crippen LogP) is 4.59. The van der Waals surface area contributed by atoms with Crippen molar-refractivity contribution in [3.05, 3.63) is 36.0 Å². The molecule has 2 aliphatic rings. The van der Waals surface area contributed by atoms with Crippen molar-refractivity contribution in [3.8, 4) is 5.75 Å². The predicted molar refractivity (Wildman–Crippen MR) is 128 cm³/mol. The van der Waals surface area contributed by atoms with Gasteiger partial charge in [0.15, 0.2) is 0 Å². The number of nitrogens with one attached hydrogen (secondary N) is 2. The van der Waals surface area contributed by atoms with E-state index in [0.717, 1.165) is 74.7 Å². The van der Waals surface area contributed by atoms with Gasteiger partial charge in [-0.25, -0.2) is 4.98 Å². The van der Waals surface area contributed by atoms with Crippen LogP contribution < -0.4 is 20.3 Å². The van der Waals surface area contributed by atoms with E-state index in [9.17, 15) is 4.79 Å². The van der Waals surface area contributed by atoms with E-state index in [-0.39, 0.29) is 11.3 Å². The molecule has 1 amide bonds. The average Bonchev–Trinajstić information content (AvgIpc) is 3.16. The minimum atomic E-state index is -0.168. The summed E-state index contributed by atoms with van der Waals surface area (Å²) in [5.41, 5.74) is 1.81. The van der Waals surface area contributed by atoms with Gasteiger partial charge in [-0.15, -0.1) is 0 Å². The number of unbranched alkanes of at least 4 members (excludes halogenated alkanes) is 3. The highest BCUT2D eigenvalue weighted by molar-refractivity contribution is 5.85. The van der Waals surface area contributed by atoms with Crippen LogP contribution in [-0.4, -0.2) is 42.1 Å². The van der Waals surface area contributed by atoms with E-state index in [4.69, 9.17) is 9.72 Å². The van der Waals surface area contributed by atoms with Crippen LogP contribution in [0.4, 0.5) is 17.5 Å². The van der Waals surface area contributed by atoms with Gasteiger partial charge in [-0.1, -0.05) is 26.2 Å². The molecule has 1 spiro atoms. The second-order valence-corrected chi connectivity index (χ2v) is 9.03. The highest BCUT2D eigenvalue weighted by Gasteiger charge is 2.44. The van der Waals surface area contributed by atoms with E-state index in [1.807, 2.05) is 37.4 Å². The highest BCUT2D eigenvalue weighted by atomic mass is 16.5. The minimum Gasteiger partial charge on any atom is -0.494 e. The number of nitrogens with zero attached hydrogens (tertiary/aromatic N) is 3. The fourth-order valence-electron chi connectivity index (χ4n) is 4.64. The lowest BCUT2D eigenvalue weighted by atomic mass is 9.77. The van der Waals surface area contributed by atoms with Crippen LogP contribution >= 0.6 is 0 Å². The van der Waals surface area contributed by atoms with Crippen molar-refractivity contribution in [2.24, 2.45) is 5.41 Å². The molecule has 2 N–H and O–H groups in total. The number of carbonyl (C=O) groups is 1. The SMILES string of the molecule is CCCCCCOc1ccc(Nc2ncc(C)c(N3CCC4(CCNC4=O)CC3)n2)cc1. The number of rotatable bonds is 9. The van der Waals surface area contributed by atoms with Crippen molar-refractivity contribution >= 4 is 23.4 Å². The molecular formula is C25H35N5O2. The Morgan fingerprint density at radius 1 is 1.12 bits per heavy atom. The molecule has 0 bridgehead atoms. The summed E-state index contributed by atoms with van der Waals surface area (Å²) < 4.78 is 5.83. The number of aryl methyl sites for hydroxylation is 1. The Morgan fingerprint density at radius 2 is 1.91 bits per heavy atom. The first-order valence-electron chi connectivity index (χ1n) is 12.0. The number of aromatic nitrogens is 2. The molecule has 0 radical (unpaired) electrons. The zero-order chi connectivity index (χ0) is 22.4. The Morgan fingerprint density at radius 3 is 2.59 bits per heavy atom. The third kappa shape index (κ3) is 5.14. The van der Waals surface area contributed by atoms with Crippen molar-refractivity contribution in [2.45, 2.75) is 58.8 Å². The number of carbonyl (C=O) groups excluding carboxylic acids is 1. The molecule has 0 atom stereocenters.